The molecule has 0 fully saturated rings. The van der Waals surface area contributed by atoms with Gasteiger partial charge in [0.15, 0.2) is 0 Å². The van der Waals surface area contributed by atoms with Crippen LogP contribution in [0.3, 0.4) is 0 Å². The molecule has 2 rings (SSSR count). The maximum Gasteiger partial charge on any atom is 0.284 e. The minimum atomic E-state index is -0.565. The Morgan fingerprint density at radius 2 is 2.10 bits per heavy atom. The monoisotopic (exact) mass is 355 g/mol. The summed E-state index contributed by atoms with van der Waals surface area (Å²) < 4.78 is 0.312. The first-order valence-corrected chi connectivity index (χ1v) is 6.51. The summed E-state index contributed by atoms with van der Waals surface area (Å²) in [6.45, 7) is 0. The highest BCUT2D eigenvalue weighted by Gasteiger charge is 2.16. The molecule has 0 saturated heterocycles. The maximum atomic E-state index is 12.0. The number of hydrogen-bond acceptors (Lipinski definition) is 4. The molecule has 20 heavy (non-hydrogen) atoms. The molecule has 0 saturated carbocycles. The molecule has 1 heterocycles. The molecule has 2 aromatic rings. The van der Waals surface area contributed by atoms with Crippen LogP contribution in [0.25, 0.3) is 0 Å². The second-order valence-corrected chi connectivity index (χ2v) is 4.99. The van der Waals surface area contributed by atoms with Crippen molar-refractivity contribution in [3.8, 4) is 0 Å². The van der Waals surface area contributed by atoms with E-state index < -0.39 is 10.8 Å². The molecule has 1 aromatic carbocycles. The van der Waals surface area contributed by atoms with Crippen LogP contribution in [0.1, 0.15) is 10.4 Å². The number of rotatable bonds is 3. The normalized spacial score (nSPS) is 10.1. The Labute approximate surface area is 127 Å². The molecule has 0 aliphatic heterocycles. The van der Waals surface area contributed by atoms with E-state index in [1.165, 1.54) is 30.5 Å². The van der Waals surface area contributed by atoms with Gasteiger partial charge in [0.2, 0.25) is 0 Å². The van der Waals surface area contributed by atoms with E-state index in [0.29, 0.717) is 15.3 Å². The van der Waals surface area contributed by atoms with Crippen molar-refractivity contribution in [1.29, 1.82) is 0 Å². The first kappa shape index (κ1) is 14.4. The van der Waals surface area contributed by atoms with Gasteiger partial charge in [-0.05, 0) is 40.2 Å². The SMILES string of the molecule is O=C(Nc1ccc(Cl)nc1)c1ccc(Br)c([N+](=O)[O-])c1. The molecule has 8 heteroatoms. The zero-order chi connectivity index (χ0) is 14.7. The van der Waals surface area contributed by atoms with Crippen LogP contribution in [0.15, 0.2) is 41.0 Å². The Balaban J connectivity index is 2.23. The summed E-state index contributed by atoms with van der Waals surface area (Å²) in [5, 5.41) is 13.7. The third-order valence-electron chi connectivity index (χ3n) is 2.39. The van der Waals surface area contributed by atoms with E-state index in [9.17, 15) is 14.9 Å². The lowest BCUT2D eigenvalue weighted by Gasteiger charge is -2.05. The lowest BCUT2D eigenvalue weighted by Crippen LogP contribution is -2.12. The van der Waals surface area contributed by atoms with E-state index in [-0.39, 0.29) is 11.3 Å². The zero-order valence-corrected chi connectivity index (χ0v) is 12.2. The molecule has 102 valence electrons. The highest BCUT2D eigenvalue weighted by Crippen LogP contribution is 2.26. The zero-order valence-electron chi connectivity index (χ0n) is 9.84. The molecular formula is C12H7BrClN3O3. The van der Waals surface area contributed by atoms with E-state index in [1.807, 2.05) is 0 Å². The average Bonchev–Trinajstić information content (AvgIpc) is 2.41. The van der Waals surface area contributed by atoms with Gasteiger partial charge in [0.05, 0.1) is 21.3 Å². The van der Waals surface area contributed by atoms with Crippen LogP contribution in [-0.4, -0.2) is 15.8 Å². The van der Waals surface area contributed by atoms with Crippen molar-refractivity contribution in [2.45, 2.75) is 0 Å². The molecule has 1 amide bonds. The number of anilines is 1. The number of carbonyl (C=O) groups is 1. The number of benzene rings is 1. The van der Waals surface area contributed by atoms with Crippen molar-refractivity contribution in [3.63, 3.8) is 0 Å². The van der Waals surface area contributed by atoms with Crippen LogP contribution < -0.4 is 5.32 Å². The highest BCUT2D eigenvalue weighted by molar-refractivity contribution is 9.10. The average molecular weight is 357 g/mol. The Hall–Kier alpha value is -1.99. The minimum absolute atomic E-state index is 0.174. The van der Waals surface area contributed by atoms with Crippen LogP contribution in [0.5, 0.6) is 0 Å². The first-order valence-electron chi connectivity index (χ1n) is 5.34. The Morgan fingerprint density at radius 1 is 1.35 bits per heavy atom. The predicted octanol–water partition coefficient (Wildman–Crippen LogP) is 3.66. The molecule has 1 N–H and O–H groups in total. The molecule has 0 bridgehead atoms. The number of nitrogens with zero attached hydrogens (tertiary/aromatic N) is 2. The Morgan fingerprint density at radius 3 is 2.70 bits per heavy atom. The lowest BCUT2D eigenvalue weighted by molar-refractivity contribution is -0.385. The van der Waals surface area contributed by atoms with Gasteiger partial charge in [0.1, 0.15) is 5.15 Å². The molecule has 0 aliphatic carbocycles. The van der Waals surface area contributed by atoms with E-state index in [0.717, 1.165) is 0 Å². The van der Waals surface area contributed by atoms with Crippen LogP contribution in [0.4, 0.5) is 11.4 Å². The number of carbonyl (C=O) groups excluding carboxylic acids is 1. The molecular weight excluding hydrogens is 350 g/mol. The van der Waals surface area contributed by atoms with E-state index in [4.69, 9.17) is 11.6 Å². The minimum Gasteiger partial charge on any atom is -0.321 e. The number of pyridine rings is 1. The summed E-state index contributed by atoms with van der Waals surface area (Å²) in [6, 6.07) is 7.24. The quantitative estimate of drug-likeness (QED) is 0.516. The maximum absolute atomic E-state index is 12.0. The van der Waals surface area contributed by atoms with E-state index >= 15 is 0 Å². The fourth-order valence-corrected chi connectivity index (χ4v) is 1.95. The summed E-state index contributed by atoms with van der Waals surface area (Å²) >= 11 is 8.69. The van der Waals surface area contributed by atoms with E-state index in [1.54, 1.807) is 6.07 Å². The van der Waals surface area contributed by atoms with Gasteiger partial charge < -0.3 is 5.32 Å². The van der Waals surface area contributed by atoms with Gasteiger partial charge in [-0.1, -0.05) is 11.6 Å². The topological polar surface area (TPSA) is 85.1 Å². The molecule has 0 aliphatic rings. The number of amides is 1. The molecule has 0 radical (unpaired) electrons. The molecule has 0 spiro atoms. The summed E-state index contributed by atoms with van der Waals surface area (Å²) in [5.41, 5.74) is 0.451. The number of nitro benzene ring substituents is 1. The van der Waals surface area contributed by atoms with Crippen molar-refractivity contribution in [3.05, 3.63) is 61.8 Å². The number of nitrogens with one attached hydrogen (secondary N) is 1. The molecule has 1 aromatic heterocycles. The van der Waals surface area contributed by atoms with Crippen LogP contribution in [0.2, 0.25) is 5.15 Å². The summed E-state index contributed by atoms with van der Waals surface area (Å²) in [4.78, 5) is 26.0. The third-order valence-corrected chi connectivity index (χ3v) is 3.28. The van der Waals surface area contributed by atoms with Gasteiger partial charge in [-0.25, -0.2) is 4.98 Å². The Kier molecular flexibility index (Phi) is 4.31. The van der Waals surface area contributed by atoms with Gasteiger partial charge in [-0.15, -0.1) is 0 Å². The van der Waals surface area contributed by atoms with Gasteiger partial charge in [0.25, 0.3) is 11.6 Å². The highest BCUT2D eigenvalue weighted by atomic mass is 79.9. The second kappa shape index (κ2) is 5.98. The number of aromatic nitrogens is 1. The molecule has 0 unspecified atom stereocenters. The second-order valence-electron chi connectivity index (χ2n) is 3.75. The third kappa shape index (κ3) is 3.31. The van der Waals surface area contributed by atoms with Crippen molar-refractivity contribution in [2.75, 3.05) is 5.32 Å². The largest absolute Gasteiger partial charge is 0.321 e. The molecule has 6 nitrogen and oxygen atoms in total. The van der Waals surface area contributed by atoms with Gasteiger partial charge in [-0.3, -0.25) is 14.9 Å². The van der Waals surface area contributed by atoms with Crippen LogP contribution in [0, 0.1) is 10.1 Å². The van der Waals surface area contributed by atoms with Gasteiger partial charge >= 0.3 is 0 Å². The fraction of sp³-hybridized carbons (Fsp3) is 0. The van der Waals surface area contributed by atoms with Crippen LogP contribution in [-0.2, 0) is 0 Å². The van der Waals surface area contributed by atoms with E-state index in [2.05, 4.69) is 26.2 Å². The summed E-state index contributed by atoms with van der Waals surface area (Å²) in [5.74, 6) is -0.468. The van der Waals surface area contributed by atoms with Crippen LogP contribution >= 0.6 is 27.5 Å². The number of halogens is 2. The van der Waals surface area contributed by atoms with Gasteiger partial charge in [-0.2, -0.15) is 0 Å². The van der Waals surface area contributed by atoms with Crippen molar-refractivity contribution in [2.24, 2.45) is 0 Å². The predicted molar refractivity (Wildman–Crippen MR) is 78.0 cm³/mol. The molecule has 0 atom stereocenters. The standard InChI is InChI=1S/C12H7BrClN3O3/c13-9-3-1-7(5-10(9)17(19)20)12(18)16-8-2-4-11(14)15-6-8/h1-6H,(H,16,18). The smallest absolute Gasteiger partial charge is 0.284 e. The first-order chi connectivity index (χ1) is 9.47. The van der Waals surface area contributed by atoms with Crippen molar-refractivity contribution >= 4 is 44.8 Å². The van der Waals surface area contributed by atoms with Crippen molar-refractivity contribution in [1.82, 2.24) is 4.98 Å². The number of nitro groups is 1. The van der Waals surface area contributed by atoms with Gasteiger partial charge in [0, 0.05) is 11.6 Å². The van der Waals surface area contributed by atoms with Crippen molar-refractivity contribution < 1.29 is 9.72 Å². The number of hydrogen-bond donors (Lipinski definition) is 1. The lowest BCUT2D eigenvalue weighted by atomic mass is 10.2. The summed E-state index contributed by atoms with van der Waals surface area (Å²) in [6.07, 6.45) is 1.40. The summed E-state index contributed by atoms with van der Waals surface area (Å²) in [7, 11) is 0. The Bertz CT molecular complexity index is 676. The fourth-order valence-electron chi connectivity index (χ4n) is 1.45.